The molecule has 3 saturated carbocycles. The highest BCUT2D eigenvalue weighted by Crippen LogP contribution is 2.58. The Bertz CT molecular complexity index is 507. The Morgan fingerprint density at radius 1 is 1.32 bits per heavy atom. The van der Waals surface area contributed by atoms with Crippen molar-refractivity contribution in [1.29, 1.82) is 0 Å². The third-order valence-electron chi connectivity index (χ3n) is 6.65. The summed E-state index contributed by atoms with van der Waals surface area (Å²) in [5, 5.41) is 10.3. The van der Waals surface area contributed by atoms with Crippen LogP contribution in [0.4, 0.5) is 0 Å². The minimum absolute atomic E-state index is 0.00336. The van der Waals surface area contributed by atoms with Gasteiger partial charge in [0.1, 0.15) is 11.7 Å². The van der Waals surface area contributed by atoms with Crippen molar-refractivity contribution < 1.29 is 24.2 Å². The summed E-state index contributed by atoms with van der Waals surface area (Å²) >= 11 is 0. The summed E-state index contributed by atoms with van der Waals surface area (Å²) in [7, 11) is 0. The molecular weight excluding hydrogens is 284 g/mol. The first-order valence-electron chi connectivity index (χ1n) is 8.56. The van der Waals surface area contributed by atoms with Crippen molar-refractivity contribution in [3.63, 3.8) is 0 Å². The van der Waals surface area contributed by atoms with Crippen LogP contribution in [0.1, 0.15) is 46.0 Å². The molecule has 1 saturated heterocycles. The quantitative estimate of drug-likeness (QED) is 0.803. The van der Waals surface area contributed by atoms with Gasteiger partial charge in [0.25, 0.3) is 0 Å². The second kappa shape index (κ2) is 4.70. The lowest BCUT2D eigenvalue weighted by atomic mass is 9.78. The maximum absolute atomic E-state index is 12.8. The highest BCUT2D eigenvalue weighted by Gasteiger charge is 2.69. The van der Waals surface area contributed by atoms with Gasteiger partial charge in [-0.25, -0.2) is 0 Å². The average molecular weight is 308 g/mol. The number of hydrogen-bond acceptors (Lipinski definition) is 5. The zero-order chi connectivity index (χ0) is 15.6. The van der Waals surface area contributed by atoms with E-state index in [1.807, 2.05) is 0 Å². The molecule has 0 spiro atoms. The Hall–Kier alpha value is -1.10. The standard InChI is InChI=1S/C17H24O5/c1-8(2)17(5-3-4-6-17)22-16(20)11-9-7-10-12(11)15(19)21-14(10)13(9)18/h8-14,18H,3-7H2,1-2H3. The Labute approximate surface area is 130 Å². The van der Waals surface area contributed by atoms with Crippen LogP contribution in [0.2, 0.25) is 0 Å². The van der Waals surface area contributed by atoms with Gasteiger partial charge < -0.3 is 14.6 Å². The largest absolute Gasteiger partial charge is 0.459 e. The number of aliphatic hydroxyl groups excluding tert-OH is 1. The normalized spacial score (nSPS) is 44.6. The van der Waals surface area contributed by atoms with E-state index in [2.05, 4.69) is 13.8 Å². The van der Waals surface area contributed by atoms with Gasteiger partial charge in [0, 0.05) is 11.8 Å². The number of fused-ring (bicyclic) bond motifs is 1. The fourth-order valence-electron chi connectivity index (χ4n) is 5.38. The molecule has 4 rings (SSSR count). The van der Waals surface area contributed by atoms with Crippen LogP contribution in [0.15, 0.2) is 0 Å². The summed E-state index contributed by atoms with van der Waals surface area (Å²) in [6, 6.07) is 0. The van der Waals surface area contributed by atoms with Crippen molar-refractivity contribution >= 4 is 11.9 Å². The molecule has 0 aromatic carbocycles. The Balaban J connectivity index is 1.57. The van der Waals surface area contributed by atoms with Crippen LogP contribution in [0.5, 0.6) is 0 Å². The first kappa shape index (κ1) is 14.5. The van der Waals surface area contributed by atoms with Crippen LogP contribution in [0.25, 0.3) is 0 Å². The number of rotatable bonds is 3. The van der Waals surface area contributed by atoms with E-state index in [-0.39, 0.29) is 35.3 Å². The molecule has 5 heteroatoms. The number of hydrogen-bond donors (Lipinski definition) is 1. The SMILES string of the molecule is CC(C)C1(OC(=O)C2C3CC4C(OC(=O)C42)C3O)CCCC1. The molecule has 22 heavy (non-hydrogen) atoms. The number of esters is 2. The zero-order valence-corrected chi connectivity index (χ0v) is 13.2. The molecule has 2 bridgehead atoms. The second-order valence-corrected chi connectivity index (χ2v) is 7.85. The van der Waals surface area contributed by atoms with Crippen molar-refractivity contribution in [2.45, 2.75) is 63.8 Å². The molecule has 1 aliphatic heterocycles. The maximum Gasteiger partial charge on any atom is 0.310 e. The lowest BCUT2D eigenvalue weighted by Crippen LogP contribution is -2.45. The van der Waals surface area contributed by atoms with E-state index in [1.54, 1.807) is 0 Å². The highest BCUT2D eigenvalue weighted by atomic mass is 16.6. The summed E-state index contributed by atoms with van der Waals surface area (Å²) < 4.78 is 11.3. The number of carbonyl (C=O) groups is 2. The van der Waals surface area contributed by atoms with E-state index >= 15 is 0 Å². The van der Waals surface area contributed by atoms with E-state index in [0.717, 1.165) is 25.7 Å². The van der Waals surface area contributed by atoms with Gasteiger partial charge in [-0.05, 0) is 38.0 Å². The topological polar surface area (TPSA) is 72.8 Å². The van der Waals surface area contributed by atoms with E-state index in [1.165, 1.54) is 0 Å². The van der Waals surface area contributed by atoms with Gasteiger partial charge in [-0.2, -0.15) is 0 Å². The number of ether oxygens (including phenoxy) is 2. The minimum atomic E-state index is -0.705. The molecule has 0 amide bonds. The minimum Gasteiger partial charge on any atom is -0.459 e. The predicted octanol–water partition coefficient (Wildman–Crippen LogP) is 1.67. The Morgan fingerprint density at radius 2 is 2.00 bits per heavy atom. The summed E-state index contributed by atoms with van der Waals surface area (Å²) in [6.07, 6.45) is 3.57. The molecule has 0 radical (unpaired) electrons. The number of aliphatic hydroxyl groups is 1. The van der Waals surface area contributed by atoms with Crippen molar-refractivity contribution in [3.8, 4) is 0 Å². The summed E-state index contributed by atoms with van der Waals surface area (Å²) in [5.74, 6) is -1.41. The first-order chi connectivity index (χ1) is 10.4. The third-order valence-corrected chi connectivity index (χ3v) is 6.65. The first-order valence-corrected chi connectivity index (χ1v) is 8.56. The molecule has 0 aromatic heterocycles. The van der Waals surface area contributed by atoms with Gasteiger partial charge in [-0.3, -0.25) is 9.59 Å². The van der Waals surface area contributed by atoms with Crippen LogP contribution in [0.3, 0.4) is 0 Å². The van der Waals surface area contributed by atoms with Crippen LogP contribution >= 0.6 is 0 Å². The molecule has 3 aliphatic carbocycles. The average Bonchev–Trinajstić information content (AvgIpc) is 3.16. The fraction of sp³-hybridized carbons (Fsp3) is 0.882. The molecule has 122 valence electrons. The van der Waals surface area contributed by atoms with Crippen molar-refractivity contribution in [2.24, 2.45) is 29.6 Å². The van der Waals surface area contributed by atoms with Crippen molar-refractivity contribution in [3.05, 3.63) is 0 Å². The molecule has 4 aliphatic rings. The van der Waals surface area contributed by atoms with Gasteiger partial charge in [0.05, 0.1) is 17.9 Å². The molecule has 6 atom stereocenters. The predicted molar refractivity (Wildman–Crippen MR) is 76.6 cm³/mol. The third kappa shape index (κ3) is 1.75. The monoisotopic (exact) mass is 308 g/mol. The van der Waals surface area contributed by atoms with E-state index in [0.29, 0.717) is 6.42 Å². The summed E-state index contributed by atoms with van der Waals surface area (Å²) in [4.78, 5) is 24.9. The molecule has 5 nitrogen and oxygen atoms in total. The van der Waals surface area contributed by atoms with Crippen LogP contribution in [-0.2, 0) is 19.1 Å². The fourth-order valence-corrected chi connectivity index (χ4v) is 5.38. The van der Waals surface area contributed by atoms with Crippen LogP contribution < -0.4 is 0 Å². The molecule has 1 heterocycles. The number of carbonyl (C=O) groups excluding carboxylic acids is 2. The van der Waals surface area contributed by atoms with Crippen molar-refractivity contribution in [2.75, 3.05) is 0 Å². The molecule has 1 N–H and O–H groups in total. The van der Waals surface area contributed by atoms with Crippen LogP contribution in [-0.4, -0.2) is 34.9 Å². The smallest absolute Gasteiger partial charge is 0.310 e. The Morgan fingerprint density at radius 3 is 2.64 bits per heavy atom. The zero-order valence-electron chi connectivity index (χ0n) is 13.2. The maximum atomic E-state index is 12.8. The molecule has 0 aromatic rings. The van der Waals surface area contributed by atoms with Gasteiger partial charge in [-0.1, -0.05) is 13.8 Å². The van der Waals surface area contributed by atoms with E-state index < -0.39 is 24.0 Å². The molecule has 4 fully saturated rings. The summed E-state index contributed by atoms with van der Waals surface area (Å²) in [6.45, 7) is 4.18. The molecule has 6 unspecified atom stereocenters. The van der Waals surface area contributed by atoms with E-state index in [4.69, 9.17) is 9.47 Å². The van der Waals surface area contributed by atoms with Crippen molar-refractivity contribution in [1.82, 2.24) is 0 Å². The van der Waals surface area contributed by atoms with Gasteiger partial charge in [0.15, 0.2) is 0 Å². The van der Waals surface area contributed by atoms with Gasteiger partial charge >= 0.3 is 11.9 Å². The molecular formula is C17H24O5. The highest BCUT2D eigenvalue weighted by molar-refractivity contribution is 5.86. The van der Waals surface area contributed by atoms with E-state index in [9.17, 15) is 14.7 Å². The summed E-state index contributed by atoms with van der Waals surface area (Å²) in [5.41, 5.74) is -0.383. The lowest BCUT2D eigenvalue weighted by molar-refractivity contribution is -0.175. The second-order valence-electron chi connectivity index (χ2n) is 7.85. The lowest BCUT2D eigenvalue weighted by Gasteiger charge is -2.36. The van der Waals surface area contributed by atoms with Gasteiger partial charge in [-0.15, -0.1) is 0 Å². The van der Waals surface area contributed by atoms with Crippen LogP contribution in [0, 0.1) is 29.6 Å². The van der Waals surface area contributed by atoms with Gasteiger partial charge in [0.2, 0.25) is 0 Å². The Kier molecular flexibility index (Phi) is 3.09.